The third-order valence-corrected chi connectivity index (χ3v) is 3.33. The first kappa shape index (κ1) is 14.0. The fraction of sp³-hybridized carbons (Fsp3) is 0.429. The Morgan fingerprint density at radius 1 is 1.26 bits per heavy atom. The molecule has 1 atom stereocenters. The number of aromatic nitrogens is 2. The largest absolute Gasteiger partial charge is 0.366 e. The Morgan fingerprint density at radius 2 is 2.05 bits per heavy atom. The number of nitrogens with zero attached hydrogens (tertiary/aromatic N) is 2. The van der Waals surface area contributed by atoms with Gasteiger partial charge in [0.1, 0.15) is 6.10 Å². The summed E-state index contributed by atoms with van der Waals surface area (Å²) in [6.07, 6.45) is 0.891. The molecule has 0 fully saturated rings. The molecule has 0 amide bonds. The van der Waals surface area contributed by atoms with Crippen LogP contribution in [-0.2, 0) is 4.74 Å². The second kappa shape index (κ2) is 7.21. The van der Waals surface area contributed by atoms with Crippen molar-refractivity contribution >= 4 is 16.7 Å². The average Bonchev–Trinajstić information content (AvgIpc) is 2.92. The van der Waals surface area contributed by atoms with Crippen molar-refractivity contribution in [3.8, 4) is 0 Å². The van der Waals surface area contributed by atoms with Crippen LogP contribution in [0.4, 0.5) is 5.13 Å². The molecule has 5 heteroatoms. The Labute approximate surface area is 118 Å². The highest BCUT2D eigenvalue weighted by atomic mass is 32.1. The fourth-order valence-corrected chi connectivity index (χ4v) is 2.38. The van der Waals surface area contributed by atoms with E-state index in [0.29, 0.717) is 6.61 Å². The van der Waals surface area contributed by atoms with E-state index in [2.05, 4.69) is 21.6 Å². The molecule has 1 heterocycles. The van der Waals surface area contributed by atoms with Crippen LogP contribution in [0.2, 0.25) is 0 Å². The van der Waals surface area contributed by atoms with Crippen molar-refractivity contribution in [3.05, 3.63) is 41.7 Å². The summed E-state index contributed by atoms with van der Waals surface area (Å²) in [6.45, 7) is 5.66. The van der Waals surface area contributed by atoms with Crippen LogP contribution in [0, 0.1) is 0 Å². The molecule has 1 N–H and O–H groups in total. The molecule has 0 aliphatic heterocycles. The number of ether oxygens (including phenoxy) is 1. The van der Waals surface area contributed by atoms with Crippen LogP contribution in [-0.4, -0.2) is 22.5 Å². The topological polar surface area (TPSA) is 47.0 Å². The van der Waals surface area contributed by atoms with Gasteiger partial charge >= 0.3 is 0 Å². The van der Waals surface area contributed by atoms with Crippen molar-refractivity contribution in [2.45, 2.75) is 26.4 Å². The number of benzene rings is 1. The first-order valence-corrected chi connectivity index (χ1v) is 7.36. The van der Waals surface area contributed by atoms with Crippen LogP contribution in [0.15, 0.2) is 30.3 Å². The molecule has 1 unspecified atom stereocenters. The standard InChI is InChI=1S/C14H19N3OS/c1-3-10-15-14-16-13(17-19-14)12(18-4-2)11-8-6-5-7-9-11/h5-9,12H,3-4,10H2,1-2H3,(H,15,16,17). The van der Waals surface area contributed by atoms with Gasteiger partial charge in [-0.3, -0.25) is 0 Å². The van der Waals surface area contributed by atoms with Crippen LogP contribution in [0.25, 0.3) is 0 Å². The summed E-state index contributed by atoms with van der Waals surface area (Å²) in [6, 6.07) is 10.1. The van der Waals surface area contributed by atoms with Gasteiger partial charge in [0, 0.05) is 24.7 Å². The summed E-state index contributed by atoms with van der Waals surface area (Å²) in [5.74, 6) is 0.733. The number of nitrogens with one attached hydrogen (secondary N) is 1. The second-order valence-electron chi connectivity index (χ2n) is 4.13. The highest BCUT2D eigenvalue weighted by molar-refractivity contribution is 7.09. The van der Waals surface area contributed by atoms with Crippen molar-refractivity contribution in [1.29, 1.82) is 0 Å². The molecule has 0 bridgehead atoms. The summed E-state index contributed by atoms with van der Waals surface area (Å²) >= 11 is 1.39. The molecule has 0 aliphatic rings. The zero-order valence-electron chi connectivity index (χ0n) is 11.3. The van der Waals surface area contributed by atoms with Gasteiger partial charge in [0.2, 0.25) is 5.13 Å². The summed E-state index contributed by atoms with van der Waals surface area (Å²) in [5, 5.41) is 4.11. The molecule has 1 aromatic heterocycles. The number of anilines is 1. The van der Waals surface area contributed by atoms with E-state index < -0.39 is 0 Å². The molecule has 0 aliphatic carbocycles. The van der Waals surface area contributed by atoms with Crippen molar-refractivity contribution in [1.82, 2.24) is 9.36 Å². The van der Waals surface area contributed by atoms with E-state index in [-0.39, 0.29) is 6.10 Å². The van der Waals surface area contributed by atoms with E-state index in [4.69, 9.17) is 4.74 Å². The zero-order valence-corrected chi connectivity index (χ0v) is 12.1. The Kier molecular flexibility index (Phi) is 5.30. The minimum Gasteiger partial charge on any atom is -0.366 e. The lowest BCUT2D eigenvalue weighted by Crippen LogP contribution is -2.08. The Balaban J connectivity index is 2.17. The molecule has 1 aromatic carbocycles. The first-order chi connectivity index (χ1) is 9.35. The second-order valence-corrected chi connectivity index (χ2v) is 4.88. The molecule has 0 radical (unpaired) electrons. The van der Waals surface area contributed by atoms with Gasteiger partial charge in [-0.2, -0.15) is 4.37 Å². The molecule has 4 nitrogen and oxygen atoms in total. The quantitative estimate of drug-likeness (QED) is 0.841. The van der Waals surface area contributed by atoms with Crippen LogP contribution in [0.3, 0.4) is 0 Å². The van der Waals surface area contributed by atoms with E-state index in [9.17, 15) is 0 Å². The summed E-state index contributed by atoms with van der Waals surface area (Å²) in [7, 11) is 0. The van der Waals surface area contributed by atoms with Crippen molar-refractivity contribution < 1.29 is 4.74 Å². The van der Waals surface area contributed by atoms with E-state index in [1.807, 2.05) is 37.3 Å². The van der Waals surface area contributed by atoms with Crippen LogP contribution < -0.4 is 5.32 Å². The minimum atomic E-state index is -0.181. The van der Waals surface area contributed by atoms with Gasteiger partial charge in [-0.25, -0.2) is 4.98 Å². The molecule has 102 valence electrons. The SMILES string of the molecule is CCCNc1nc(C(OCC)c2ccccc2)ns1. The van der Waals surface area contributed by atoms with Crippen molar-refractivity contribution in [3.63, 3.8) is 0 Å². The monoisotopic (exact) mass is 277 g/mol. The molecule has 2 rings (SSSR count). The van der Waals surface area contributed by atoms with Crippen LogP contribution >= 0.6 is 11.5 Å². The molecule has 19 heavy (non-hydrogen) atoms. The molecule has 0 spiro atoms. The maximum absolute atomic E-state index is 5.79. The molecule has 0 saturated heterocycles. The Morgan fingerprint density at radius 3 is 2.74 bits per heavy atom. The lowest BCUT2D eigenvalue weighted by atomic mass is 10.1. The summed E-state index contributed by atoms with van der Waals surface area (Å²) in [4.78, 5) is 4.51. The van der Waals surface area contributed by atoms with Crippen molar-refractivity contribution in [2.75, 3.05) is 18.5 Å². The Bertz CT molecular complexity index is 486. The lowest BCUT2D eigenvalue weighted by Gasteiger charge is -2.13. The van der Waals surface area contributed by atoms with Gasteiger partial charge < -0.3 is 10.1 Å². The van der Waals surface area contributed by atoms with Gasteiger partial charge in [-0.15, -0.1) is 0 Å². The number of hydrogen-bond donors (Lipinski definition) is 1. The van der Waals surface area contributed by atoms with E-state index >= 15 is 0 Å². The highest BCUT2D eigenvalue weighted by Crippen LogP contribution is 2.26. The zero-order chi connectivity index (χ0) is 13.5. The smallest absolute Gasteiger partial charge is 0.202 e. The predicted octanol–water partition coefficient (Wildman–Crippen LogP) is 3.49. The highest BCUT2D eigenvalue weighted by Gasteiger charge is 2.19. The van der Waals surface area contributed by atoms with Crippen molar-refractivity contribution in [2.24, 2.45) is 0 Å². The molecular weight excluding hydrogens is 258 g/mol. The van der Waals surface area contributed by atoms with E-state index in [0.717, 1.165) is 29.5 Å². The minimum absolute atomic E-state index is 0.181. The van der Waals surface area contributed by atoms with Gasteiger partial charge in [-0.1, -0.05) is 37.3 Å². The normalized spacial score (nSPS) is 12.3. The number of hydrogen-bond acceptors (Lipinski definition) is 5. The maximum Gasteiger partial charge on any atom is 0.202 e. The summed E-state index contributed by atoms with van der Waals surface area (Å²) < 4.78 is 10.2. The van der Waals surface area contributed by atoms with E-state index in [1.165, 1.54) is 11.5 Å². The Hall–Kier alpha value is -1.46. The third-order valence-electron chi connectivity index (χ3n) is 2.64. The van der Waals surface area contributed by atoms with E-state index in [1.54, 1.807) is 0 Å². The van der Waals surface area contributed by atoms with Gasteiger partial charge in [0.05, 0.1) is 0 Å². The average molecular weight is 277 g/mol. The molecular formula is C14H19N3OS. The van der Waals surface area contributed by atoms with Crippen LogP contribution in [0.1, 0.15) is 37.8 Å². The maximum atomic E-state index is 5.79. The van der Waals surface area contributed by atoms with Gasteiger partial charge in [0.25, 0.3) is 0 Å². The van der Waals surface area contributed by atoms with Gasteiger partial charge in [0.15, 0.2) is 5.82 Å². The van der Waals surface area contributed by atoms with Crippen LogP contribution in [0.5, 0.6) is 0 Å². The number of rotatable bonds is 7. The summed E-state index contributed by atoms with van der Waals surface area (Å²) in [5.41, 5.74) is 1.09. The fourth-order valence-electron chi connectivity index (χ4n) is 1.76. The molecule has 0 saturated carbocycles. The first-order valence-electron chi connectivity index (χ1n) is 6.59. The third kappa shape index (κ3) is 3.75. The van der Waals surface area contributed by atoms with Gasteiger partial charge in [-0.05, 0) is 18.9 Å². The predicted molar refractivity (Wildman–Crippen MR) is 78.6 cm³/mol. The molecule has 2 aromatic rings. The lowest BCUT2D eigenvalue weighted by molar-refractivity contribution is 0.0861.